The molecule has 0 aliphatic rings. The molecular formula is C20H20N4O4S. The van der Waals surface area contributed by atoms with Crippen LogP contribution in [0, 0.1) is 10.1 Å². The van der Waals surface area contributed by atoms with Crippen molar-refractivity contribution in [2.45, 2.75) is 19.6 Å². The highest BCUT2D eigenvalue weighted by atomic mass is 32.1. The number of non-ortho nitro benzene ring substituents is 1. The molecular weight excluding hydrogens is 392 g/mol. The summed E-state index contributed by atoms with van der Waals surface area (Å²) in [6, 6.07) is 12.7. The van der Waals surface area contributed by atoms with Gasteiger partial charge in [-0.05, 0) is 24.6 Å². The molecule has 1 unspecified atom stereocenters. The molecule has 0 saturated carbocycles. The van der Waals surface area contributed by atoms with Crippen molar-refractivity contribution in [3.05, 3.63) is 80.8 Å². The monoisotopic (exact) mass is 412 g/mol. The van der Waals surface area contributed by atoms with Crippen molar-refractivity contribution in [3.63, 3.8) is 0 Å². The molecule has 0 radical (unpaired) electrons. The highest BCUT2D eigenvalue weighted by Gasteiger charge is 2.19. The molecule has 2 amide bonds. The normalized spacial score (nSPS) is 11.5. The molecule has 2 aromatic carbocycles. The van der Waals surface area contributed by atoms with Crippen LogP contribution in [0.15, 0.2) is 59.4 Å². The van der Waals surface area contributed by atoms with Gasteiger partial charge in [-0.25, -0.2) is 9.78 Å². The number of ether oxygens (including phenoxy) is 1. The molecule has 3 rings (SSSR count). The lowest BCUT2D eigenvalue weighted by Gasteiger charge is -2.25. The van der Waals surface area contributed by atoms with E-state index in [1.54, 1.807) is 49.0 Å². The summed E-state index contributed by atoms with van der Waals surface area (Å²) in [7, 11) is 1.64. The van der Waals surface area contributed by atoms with Crippen molar-refractivity contribution < 1.29 is 14.5 Å². The largest absolute Gasteiger partial charge is 0.487 e. The van der Waals surface area contributed by atoms with E-state index in [0.717, 1.165) is 5.69 Å². The fraction of sp³-hybridized carbons (Fsp3) is 0.200. The predicted molar refractivity (Wildman–Crippen MR) is 111 cm³/mol. The van der Waals surface area contributed by atoms with Gasteiger partial charge in [0.05, 0.1) is 22.2 Å². The number of nitrogens with zero attached hydrogens (tertiary/aromatic N) is 3. The maximum atomic E-state index is 12.6. The van der Waals surface area contributed by atoms with E-state index in [2.05, 4.69) is 10.3 Å². The topological polar surface area (TPSA) is 97.6 Å². The van der Waals surface area contributed by atoms with E-state index in [-0.39, 0.29) is 17.8 Å². The van der Waals surface area contributed by atoms with Gasteiger partial charge in [0, 0.05) is 36.3 Å². The summed E-state index contributed by atoms with van der Waals surface area (Å²) >= 11 is 1.50. The van der Waals surface area contributed by atoms with Gasteiger partial charge in [-0.15, -0.1) is 11.3 Å². The van der Waals surface area contributed by atoms with E-state index in [4.69, 9.17) is 4.74 Å². The number of nitrogens with one attached hydrogen (secondary N) is 1. The van der Waals surface area contributed by atoms with Crippen molar-refractivity contribution in [2.75, 3.05) is 12.4 Å². The number of urea groups is 1. The zero-order valence-corrected chi connectivity index (χ0v) is 16.8. The van der Waals surface area contributed by atoms with E-state index in [0.29, 0.717) is 23.6 Å². The highest BCUT2D eigenvalue weighted by molar-refractivity contribution is 7.07. The van der Waals surface area contributed by atoms with Crippen molar-refractivity contribution >= 4 is 28.7 Å². The Morgan fingerprint density at radius 2 is 2.10 bits per heavy atom. The molecule has 1 aromatic heterocycles. The Labute approximate surface area is 171 Å². The van der Waals surface area contributed by atoms with Gasteiger partial charge in [0.2, 0.25) is 0 Å². The van der Waals surface area contributed by atoms with Gasteiger partial charge >= 0.3 is 6.03 Å². The van der Waals surface area contributed by atoms with Crippen LogP contribution in [0.2, 0.25) is 0 Å². The number of rotatable bonds is 7. The molecule has 0 saturated heterocycles. The number of benzene rings is 2. The van der Waals surface area contributed by atoms with Gasteiger partial charge in [-0.2, -0.15) is 0 Å². The summed E-state index contributed by atoms with van der Waals surface area (Å²) in [5, 5.41) is 15.7. The maximum absolute atomic E-state index is 12.6. The zero-order valence-electron chi connectivity index (χ0n) is 15.9. The quantitative estimate of drug-likeness (QED) is 0.442. The average molecular weight is 412 g/mol. The smallest absolute Gasteiger partial charge is 0.322 e. The van der Waals surface area contributed by atoms with Crippen molar-refractivity contribution in [1.29, 1.82) is 0 Å². The third-order valence-corrected chi connectivity index (χ3v) is 5.06. The average Bonchev–Trinajstić information content (AvgIpc) is 3.25. The summed E-state index contributed by atoms with van der Waals surface area (Å²) in [4.78, 5) is 28.8. The third kappa shape index (κ3) is 5.29. The summed E-state index contributed by atoms with van der Waals surface area (Å²) in [6.45, 7) is 2.16. The number of carbonyl (C=O) groups is 1. The van der Waals surface area contributed by atoms with Gasteiger partial charge in [0.25, 0.3) is 5.69 Å². The van der Waals surface area contributed by atoms with E-state index >= 15 is 0 Å². The second kappa shape index (κ2) is 9.16. The Morgan fingerprint density at radius 3 is 2.83 bits per heavy atom. The second-order valence-corrected chi connectivity index (χ2v) is 7.08. The number of amides is 2. The lowest BCUT2D eigenvalue weighted by molar-refractivity contribution is -0.384. The number of nitro groups is 1. The van der Waals surface area contributed by atoms with Crippen LogP contribution in [-0.2, 0) is 6.61 Å². The molecule has 3 aromatic rings. The fourth-order valence-electron chi connectivity index (χ4n) is 2.64. The van der Waals surface area contributed by atoms with Gasteiger partial charge in [-0.3, -0.25) is 10.1 Å². The van der Waals surface area contributed by atoms with Crippen LogP contribution in [-0.4, -0.2) is 27.9 Å². The van der Waals surface area contributed by atoms with Crippen molar-refractivity contribution in [2.24, 2.45) is 0 Å². The molecule has 0 spiro atoms. The molecule has 0 fully saturated rings. The van der Waals surface area contributed by atoms with Crippen LogP contribution in [0.1, 0.15) is 24.2 Å². The lowest BCUT2D eigenvalue weighted by atomic mass is 10.1. The Morgan fingerprint density at radius 1 is 1.31 bits per heavy atom. The summed E-state index contributed by atoms with van der Waals surface area (Å²) < 4.78 is 5.70. The first kappa shape index (κ1) is 20.3. The fourth-order valence-corrected chi connectivity index (χ4v) is 3.18. The summed E-state index contributed by atoms with van der Waals surface area (Å²) in [5.41, 5.74) is 3.84. The second-order valence-electron chi connectivity index (χ2n) is 6.37. The first-order valence-electron chi connectivity index (χ1n) is 8.82. The lowest BCUT2D eigenvalue weighted by Crippen LogP contribution is -2.33. The number of anilines is 1. The zero-order chi connectivity index (χ0) is 20.8. The van der Waals surface area contributed by atoms with E-state index in [9.17, 15) is 14.9 Å². The van der Waals surface area contributed by atoms with Gasteiger partial charge in [0.1, 0.15) is 12.4 Å². The number of nitro benzene ring substituents is 1. The third-order valence-electron chi connectivity index (χ3n) is 4.42. The Bertz CT molecular complexity index is 994. The Balaban J connectivity index is 1.63. The first-order valence-corrected chi connectivity index (χ1v) is 9.76. The first-order chi connectivity index (χ1) is 13.9. The van der Waals surface area contributed by atoms with Crippen LogP contribution in [0.5, 0.6) is 5.75 Å². The molecule has 9 heteroatoms. The molecule has 1 N–H and O–H groups in total. The van der Waals surface area contributed by atoms with E-state index in [1.165, 1.54) is 28.4 Å². The highest BCUT2D eigenvalue weighted by Crippen LogP contribution is 2.24. The van der Waals surface area contributed by atoms with Gasteiger partial charge in [-0.1, -0.05) is 18.2 Å². The van der Waals surface area contributed by atoms with Crippen LogP contribution < -0.4 is 10.1 Å². The van der Waals surface area contributed by atoms with Crippen molar-refractivity contribution in [1.82, 2.24) is 9.88 Å². The number of hydrogen-bond donors (Lipinski definition) is 1. The Kier molecular flexibility index (Phi) is 6.40. The molecule has 1 heterocycles. The van der Waals surface area contributed by atoms with Crippen LogP contribution >= 0.6 is 11.3 Å². The van der Waals surface area contributed by atoms with Crippen molar-refractivity contribution in [3.8, 4) is 5.75 Å². The van der Waals surface area contributed by atoms with Crippen LogP contribution in [0.4, 0.5) is 16.2 Å². The maximum Gasteiger partial charge on any atom is 0.322 e. The number of carbonyl (C=O) groups excluding carboxylic acids is 1. The number of aromatic nitrogens is 1. The van der Waals surface area contributed by atoms with Crippen LogP contribution in [0.3, 0.4) is 0 Å². The summed E-state index contributed by atoms with van der Waals surface area (Å²) in [5.74, 6) is 0.616. The molecule has 29 heavy (non-hydrogen) atoms. The number of thiazole rings is 1. The molecule has 0 bridgehead atoms. The molecule has 0 aliphatic carbocycles. The minimum Gasteiger partial charge on any atom is -0.487 e. The SMILES string of the molecule is CC(c1cccc([N+](=O)[O-])c1)N(C)C(=O)Nc1cccc(OCc2cscn2)c1. The molecule has 150 valence electrons. The molecule has 1 atom stereocenters. The van der Waals surface area contributed by atoms with Gasteiger partial charge in [0.15, 0.2) is 0 Å². The van der Waals surface area contributed by atoms with Gasteiger partial charge < -0.3 is 15.0 Å². The number of hydrogen-bond acceptors (Lipinski definition) is 6. The van der Waals surface area contributed by atoms with E-state index in [1.807, 2.05) is 12.3 Å². The minimum atomic E-state index is -0.451. The molecule has 8 nitrogen and oxygen atoms in total. The predicted octanol–water partition coefficient (Wildman–Crippen LogP) is 4.86. The van der Waals surface area contributed by atoms with Crippen LogP contribution in [0.25, 0.3) is 0 Å². The summed E-state index contributed by atoms with van der Waals surface area (Å²) in [6.07, 6.45) is 0. The minimum absolute atomic E-state index is 0.00637. The van der Waals surface area contributed by atoms with E-state index < -0.39 is 4.92 Å². The standard InChI is InChI=1S/C20H20N4O4S/c1-14(15-5-3-7-18(9-15)24(26)27)23(2)20(25)22-16-6-4-8-19(10-16)28-11-17-12-29-13-21-17/h3-10,12-14H,11H2,1-2H3,(H,22,25). The Hall–Kier alpha value is -3.46. The molecule has 0 aliphatic heterocycles.